The second-order valence-electron chi connectivity index (χ2n) is 6.98. The van der Waals surface area contributed by atoms with E-state index >= 15 is 0 Å². The van der Waals surface area contributed by atoms with Gasteiger partial charge in [0.05, 0.1) is 12.0 Å². The Kier molecular flexibility index (Phi) is 3.74. The van der Waals surface area contributed by atoms with Crippen LogP contribution in [0.5, 0.6) is 11.5 Å². The van der Waals surface area contributed by atoms with Gasteiger partial charge in [-0.1, -0.05) is 19.1 Å². The quantitative estimate of drug-likeness (QED) is 0.852. The van der Waals surface area contributed by atoms with Crippen LogP contribution in [0.1, 0.15) is 24.8 Å². The number of ketones is 1. The van der Waals surface area contributed by atoms with E-state index in [2.05, 4.69) is 6.58 Å². The number of aliphatic hydroxyl groups is 1. The lowest BCUT2D eigenvalue weighted by Crippen LogP contribution is -2.48. The summed E-state index contributed by atoms with van der Waals surface area (Å²) in [6.07, 6.45) is 3.14. The summed E-state index contributed by atoms with van der Waals surface area (Å²) >= 11 is 0. The molecule has 1 N–H and O–H groups in total. The molecule has 25 heavy (non-hydrogen) atoms. The maximum Gasteiger partial charge on any atom is 0.231 e. The van der Waals surface area contributed by atoms with Gasteiger partial charge in [0, 0.05) is 13.0 Å². The molecule has 3 aliphatic rings. The van der Waals surface area contributed by atoms with Crippen LogP contribution in [0.25, 0.3) is 0 Å². The number of carbonyl (C=O) groups is 1. The van der Waals surface area contributed by atoms with E-state index in [1.165, 1.54) is 0 Å². The molecular formula is C20H22O5. The van der Waals surface area contributed by atoms with E-state index < -0.39 is 17.6 Å². The Labute approximate surface area is 146 Å². The molecule has 0 unspecified atom stereocenters. The first-order valence-electron chi connectivity index (χ1n) is 8.53. The average molecular weight is 342 g/mol. The van der Waals surface area contributed by atoms with Crippen molar-refractivity contribution >= 4 is 5.78 Å². The van der Waals surface area contributed by atoms with Crippen LogP contribution in [0.2, 0.25) is 0 Å². The van der Waals surface area contributed by atoms with E-state index in [9.17, 15) is 9.90 Å². The molecule has 0 spiro atoms. The van der Waals surface area contributed by atoms with Crippen LogP contribution in [0, 0.1) is 11.8 Å². The number of rotatable bonds is 4. The molecular weight excluding hydrogens is 320 g/mol. The van der Waals surface area contributed by atoms with Gasteiger partial charge in [-0.25, -0.2) is 0 Å². The molecule has 1 aromatic carbocycles. The Balaban J connectivity index is 1.81. The van der Waals surface area contributed by atoms with Crippen molar-refractivity contribution in [3.8, 4) is 11.5 Å². The van der Waals surface area contributed by atoms with Crippen LogP contribution < -0.4 is 9.47 Å². The summed E-state index contributed by atoms with van der Waals surface area (Å²) in [5.41, 5.74) is 0.765. The van der Waals surface area contributed by atoms with Crippen molar-refractivity contribution < 1.29 is 24.1 Å². The van der Waals surface area contributed by atoms with Gasteiger partial charge in [-0.15, -0.1) is 6.58 Å². The minimum atomic E-state index is -0.871. The van der Waals surface area contributed by atoms with Crippen molar-refractivity contribution in [1.29, 1.82) is 0 Å². The summed E-state index contributed by atoms with van der Waals surface area (Å²) in [4.78, 5) is 13.0. The van der Waals surface area contributed by atoms with Crippen molar-refractivity contribution in [1.82, 2.24) is 0 Å². The molecule has 1 aromatic rings. The summed E-state index contributed by atoms with van der Waals surface area (Å²) in [5, 5.41) is 10.9. The molecule has 5 nitrogen and oxygen atoms in total. The first-order chi connectivity index (χ1) is 12.0. The van der Waals surface area contributed by atoms with Crippen molar-refractivity contribution in [2.24, 2.45) is 11.8 Å². The molecule has 0 saturated heterocycles. The zero-order valence-electron chi connectivity index (χ0n) is 14.4. The maximum atomic E-state index is 13.0. The largest absolute Gasteiger partial charge is 0.454 e. The van der Waals surface area contributed by atoms with Gasteiger partial charge in [0.25, 0.3) is 0 Å². The highest BCUT2D eigenvalue weighted by molar-refractivity contribution is 6.00. The SMILES string of the molecule is C=CCC1=C[C@@]2(OC)[C@H](C)[C@@H](c3ccc4c(c3)OCO4)[C@H](C1=O)[C@H]2O. The maximum absolute atomic E-state index is 13.0. The highest BCUT2D eigenvalue weighted by Gasteiger charge is 2.63. The lowest BCUT2D eigenvalue weighted by molar-refractivity contribution is -0.130. The van der Waals surface area contributed by atoms with E-state index in [-0.39, 0.29) is 24.4 Å². The second-order valence-corrected chi connectivity index (χ2v) is 6.98. The van der Waals surface area contributed by atoms with E-state index in [1.807, 2.05) is 31.2 Å². The van der Waals surface area contributed by atoms with Gasteiger partial charge in [-0.2, -0.15) is 0 Å². The number of methoxy groups -OCH3 is 1. The molecule has 1 fully saturated rings. The van der Waals surface area contributed by atoms with Gasteiger partial charge >= 0.3 is 0 Å². The van der Waals surface area contributed by atoms with Gasteiger partial charge in [0.1, 0.15) is 5.60 Å². The summed E-state index contributed by atoms with van der Waals surface area (Å²) in [7, 11) is 1.59. The van der Waals surface area contributed by atoms with Crippen LogP contribution in [0.3, 0.4) is 0 Å². The molecule has 4 rings (SSSR count). The molecule has 5 atom stereocenters. The number of Topliss-reactive ketones (excluding diaryl/α,β-unsaturated/α-hetero) is 1. The lowest BCUT2D eigenvalue weighted by Gasteiger charge is -2.36. The number of fused-ring (bicyclic) bond motifs is 3. The normalized spacial score (nSPS) is 35.6. The van der Waals surface area contributed by atoms with E-state index in [0.29, 0.717) is 23.5 Å². The van der Waals surface area contributed by atoms with Crippen LogP contribution in [-0.2, 0) is 9.53 Å². The number of hydrogen-bond donors (Lipinski definition) is 1. The third-order valence-electron chi connectivity index (χ3n) is 5.96. The van der Waals surface area contributed by atoms with Crippen molar-refractivity contribution in [2.45, 2.75) is 31.0 Å². The zero-order chi connectivity index (χ0) is 17.8. The Morgan fingerprint density at radius 1 is 1.36 bits per heavy atom. The molecule has 0 amide bonds. The number of benzene rings is 1. The summed E-state index contributed by atoms with van der Waals surface area (Å²) in [6.45, 7) is 5.97. The topological polar surface area (TPSA) is 65.0 Å². The molecule has 5 heteroatoms. The van der Waals surface area contributed by atoms with E-state index in [0.717, 1.165) is 5.56 Å². The third-order valence-corrected chi connectivity index (χ3v) is 5.96. The predicted molar refractivity (Wildman–Crippen MR) is 91.6 cm³/mol. The first kappa shape index (κ1) is 16.4. The van der Waals surface area contributed by atoms with Gasteiger partial charge in [-0.3, -0.25) is 4.79 Å². The lowest BCUT2D eigenvalue weighted by atomic mass is 9.79. The fourth-order valence-corrected chi connectivity index (χ4v) is 4.72. The molecule has 1 saturated carbocycles. The fourth-order valence-electron chi connectivity index (χ4n) is 4.72. The Hall–Kier alpha value is -2.11. The van der Waals surface area contributed by atoms with Crippen molar-refractivity contribution in [2.75, 3.05) is 13.9 Å². The molecule has 1 aliphatic heterocycles. The second kappa shape index (κ2) is 5.71. The molecule has 0 radical (unpaired) electrons. The van der Waals surface area contributed by atoms with Crippen molar-refractivity contribution in [3.63, 3.8) is 0 Å². The molecule has 0 aromatic heterocycles. The monoisotopic (exact) mass is 342 g/mol. The molecule has 2 bridgehead atoms. The van der Waals surface area contributed by atoms with Crippen LogP contribution >= 0.6 is 0 Å². The predicted octanol–water partition coefficient (Wildman–Crippen LogP) is 2.60. The average Bonchev–Trinajstić information content (AvgIpc) is 3.13. The van der Waals surface area contributed by atoms with Crippen LogP contribution in [0.15, 0.2) is 42.5 Å². The minimum Gasteiger partial charge on any atom is -0.454 e. The first-order valence-corrected chi connectivity index (χ1v) is 8.53. The number of aliphatic hydroxyl groups excluding tert-OH is 1. The zero-order valence-corrected chi connectivity index (χ0v) is 14.4. The van der Waals surface area contributed by atoms with Crippen LogP contribution in [-0.4, -0.2) is 36.5 Å². The number of hydrogen-bond acceptors (Lipinski definition) is 5. The molecule has 132 valence electrons. The molecule has 1 heterocycles. The van der Waals surface area contributed by atoms with E-state index in [4.69, 9.17) is 14.2 Å². The minimum absolute atomic E-state index is 0.0212. The fraction of sp³-hybridized carbons (Fsp3) is 0.450. The van der Waals surface area contributed by atoms with Gasteiger partial charge in [0.2, 0.25) is 6.79 Å². The van der Waals surface area contributed by atoms with E-state index in [1.54, 1.807) is 13.2 Å². The molecule has 2 aliphatic carbocycles. The van der Waals surface area contributed by atoms with Gasteiger partial charge in [0.15, 0.2) is 17.3 Å². The smallest absolute Gasteiger partial charge is 0.231 e. The third kappa shape index (κ3) is 2.12. The van der Waals surface area contributed by atoms with Gasteiger partial charge < -0.3 is 19.3 Å². The van der Waals surface area contributed by atoms with Crippen molar-refractivity contribution in [3.05, 3.63) is 48.1 Å². The van der Waals surface area contributed by atoms with Gasteiger partial charge in [-0.05, 0) is 41.7 Å². The highest BCUT2D eigenvalue weighted by Crippen LogP contribution is 2.56. The number of ether oxygens (including phenoxy) is 3. The summed E-state index contributed by atoms with van der Waals surface area (Å²) in [5.74, 6) is 0.608. The van der Waals surface area contributed by atoms with Crippen LogP contribution in [0.4, 0.5) is 0 Å². The standard InChI is InChI=1S/C20H22O5/c1-4-5-13-9-20(23-3)11(2)16(17(18(13)21)19(20)22)12-6-7-14-15(8-12)25-10-24-14/h4,6-9,11,16-17,19,22H,1,5,10H2,2-3H3/t11-,16+,17-,19-,20-/m1/s1. The summed E-state index contributed by atoms with van der Waals surface area (Å²) < 4.78 is 16.7. The summed E-state index contributed by atoms with van der Waals surface area (Å²) in [6, 6.07) is 5.73. The highest BCUT2D eigenvalue weighted by atomic mass is 16.7. The Morgan fingerprint density at radius 2 is 2.12 bits per heavy atom. The Bertz CT molecular complexity index is 767. The number of allylic oxidation sites excluding steroid dienone is 2. The Morgan fingerprint density at radius 3 is 2.84 bits per heavy atom. The number of carbonyl (C=O) groups excluding carboxylic acids is 1.